The minimum atomic E-state index is -0.162. The van der Waals surface area contributed by atoms with Crippen molar-refractivity contribution >= 4 is 21.4 Å². The summed E-state index contributed by atoms with van der Waals surface area (Å²) in [6.45, 7) is 3.02. The van der Waals surface area contributed by atoms with Crippen molar-refractivity contribution in [1.82, 2.24) is 5.32 Å². The molecule has 1 aromatic heterocycles. The van der Waals surface area contributed by atoms with Crippen LogP contribution in [0.25, 0.3) is 10.1 Å². The molecule has 1 N–H and O–H groups in total. The van der Waals surface area contributed by atoms with E-state index in [2.05, 4.69) is 42.6 Å². The van der Waals surface area contributed by atoms with E-state index in [-0.39, 0.29) is 5.82 Å². The molecule has 0 bridgehead atoms. The zero-order valence-corrected chi connectivity index (χ0v) is 12.8. The van der Waals surface area contributed by atoms with Gasteiger partial charge < -0.3 is 5.32 Å². The van der Waals surface area contributed by atoms with Crippen LogP contribution in [-0.4, -0.2) is 6.54 Å². The standard InChI is InChI=1S/C18H18FNS/c1-13(18-12-15-6-2-3-8-17(15)21-18)20-10-9-14-5-4-7-16(19)11-14/h2-8,11-13,20H,9-10H2,1H3. The van der Waals surface area contributed by atoms with Crippen LogP contribution in [-0.2, 0) is 6.42 Å². The lowest BCUT2D eigenvalue weighted by molar-refractivity contribution is 0.582. The molecule has 3 aromatic rings. The maximum absolute atomic E-state index is 13.1. The zero-order chi connectivity index (χ0) is 14.7. The number of thiophene rings is 1. The van der Waals surface area contributed by atoms with Crippen LogP contribution < -0.4 is 5.32 Å². The van der Waals surface area contributed by atoms with E-state index in [1.54, 1.807) is 12.1 Å². The Balaban J connectivity index is 1.60. The molecule has 0 saturated carbocycles. The number of halogens is 1. The summed E-state index contributed by atoms with van der Waals surface area (Å²) < 4.78 is 14.4. The predicted molar refractivity (Wildman–Crippen MR) is 88.3 cm³/mol. The molecule has 0 radical (unpaired) electrons. The summed E-state index contributed by atoms with van der Waals surface area (Å²) >= 11 is 1.83. The number of hydrogen-bond donors (Lipinski definition) is 1. The van der Waals surface area contributed by atoms with Gasteiger partial charge in [0.05, 0.1) is 0 Å². The van der Waals surface area contributed by atoms with Gasteiger partial charge in [0.15, 0.2) is 0 Å². The molecule has 0 aliphatic heterocycles. The van der Waals surface area contributed by atoms with E-state index in [1.165, 1.54) is 21.0 Å². The third-order valence-corrected chi connectivity index (χ3v) is 4.92. The van der Waals surface area contributed by atoms with Gasteiger partial charge in [-0.3, -0.25) is 0 Å². The molecule has 3 rings (SSSR count). The van der Waals surface area contributed by atoms with E-state index >= 15 is 0 Å². The monoisotopic (exact) mass is 299 g/mol. The van der Waals surface area contributed by atoms with Crippen LogP contribution in [0.4, 0.5) is 4.39 Å². The van der Waals surface area contributed by atoms with Gasteiger partial charge in [-0.1, -0.05) is 30.3 Å². The van der Waals surface area contributed by atoms with Crippen LogP contribution in [0.2, 0.25) is 0 Å². The van der Waals surface area contributed by atoms with Gasteiger partial charge in [0, 0.05) is 15.6 Å². The Hall–Kier alpha value is -1.71. The fraction of sp³-hybridized carbons (Fsp3) is 0.222. The molecule has 108 valence electrons. The smallest absolute Gasteiger partial charge is 0.123 e. The molecule has 3 heteroatoms. The summed E-state index contributed by atoms with van der Waals surface area (Å²) in [6, 6.07) is 17.8. The largest absolute Gasteiger partial charge is 0.309 e. The van der Waals surface area contributed by atoms with Gasteiger partial charge in [0.2, 0.25) is 0 Å². The van der Waals surface area contributed by atoms with Crippen molar-refractivity contribution in [3.63, 3.8) is 0 Å². The van der Waals surface area contributed by atoms with Gasteiger partial charge in [0.1, 0.15) is 5.82 Å². The summed E-state index contributed by atoms with van der Waals surface area (Å²) in [5.41, 5.74) is 1.03. The summed E-state index contributed by atoms with van der Waals surface area (Å²) in [5, 5.41) is 4.82. The maximum atomic E-state index is 13.1. The van der Waals surface area contributed by atoms with Crippen molar-refractivity contribution in [2.75, 3.05) is 6.54 Å². The molecule has 0 saturated heterocycles. The molecule has 21 heavy (non-hydrogen) atoms. The third kappa shape index (κ3) is 3.49. The lowest BCUT2D eigenvalue weighted by Crippen LogP contribution is -2.20. The minimum Gasteiger partial charge on any atom is -0.309 e. The zero-order valence-electron chi connectivity index (χ0n) is 12.0. The number of fused-ring (bicyclic) bond motifs is 1. The maximum Gasteiger partial charge on any atom is 0.123 e. The van der Waals surface area contributed by atoms with Crippen molar-refractivity contribution < 1.29 is 4.39 Å². The molecule has 0 fully saturated rings. The van der Waals surface area contributed by atoms with Gasteiger partial charge in [-0.25, -0.2) is 4.39 Å². The van der Waals surface area contributed by atoms with E-state index in [0.29, 0.717) is 6.04 Å². The first-order chi connectivity index (χ1) is 10.2. The lowest BCUT2D eigenvalue weighted by atomic mass is 10.1. The molecule has 0 aliphatic carbocycles. The topological polar surface area (TPSA) is 12.0 Å². The normalized spacial score (nSPS) is 12.7. The van der Waals surface area contributed by atoms with Crippen LogP contribution in [0.15, 0.2) is 54.6 Å². The third-order valence-electron chi connectivity index (χ3n) is 3.62. The van der Waals surface area contributed by atoms with Crippen molar-refractivity contribution in [2.45, 2.75) is 19.4 Å². The van der Waals surface area contributed by atoms with Gasteiger partial charge >= 0.3 is 0 Å². The molecule has 1 atom stereocenters. The van der Waals surface area contributed by atoms with Crippen LogP contribution in [0.5, 0.6) is 0 Å². The number of benzene rings is 2. The number of nitrogens with one attached hydrogen (secondary N) is 1. The van der Waals surface area contributed by atoms with Crippen LogP contribution >= 0.6 is 11.3 Å². The fourth-order valence-corrected chi connectivity index (χ4v) is 3.53. The van der Waals surface area contributed by atoms with Crippen molar-refractivity contribution in [2.24, 2.45) is 0 Å². The van der Waals surface area contributed by atoms with Gasteiger partial charge in [-0.2, -0.15) is 0 Å². The van der Waals surface area contributed by atoms with E-state index in [4.69, 9.17) is 0 Å². The van der Waals surface area contributed by atoms with Gasteiger partial charge in [-0.15, -0.1) is 11.3 Å². The summed E-state index contributed by atoms with van der Waals surface area (Å²) in [5.74, 6) is -0.162. The first-order valence-corrected chi connectivity index (χ1v) is 8.00. The Bertz CT molecular complexity index is 702. The Morgan fingerprint density at radius 3 is 2.76 bits per heavy atom. The van der Waals surface area contributed by atoms with Crippen molar-refractivity contribution in [3.05, 3.63) is 70.9 Å². The van der Waals surface area contributed by atoms with Gasteiger partial charge in [-0.05, 0) is 55.1 Å². The van der Waals surface area contributed by atoms with Crippen LogP contribution in [0, 0.1) is 5.82 Å². The minimum absolute atomic E-state index is 0.162. The second kappa shape index (κ2) is 6.37. The van der Waals surface area contributed by atoms with E-state index in [1.807, 2.05) is 17.4 Å². The Morgan fingerprint density at radius 2 is 1.95 bits per heavy atom. The first-order valence-electron chi connectivity index (χ1n) is 7.19. The molecule has 0 amide bonds. The second-order valence-corrected chi connectivity index (χ2v) is 6.36. The highest BCUT2D eigenvalue weighted by Gasteiger charge is 2.08. The first kappa shape index (κ1) is 14.2. The highest BCUT2D eigenvalue weighted by Crippen LogP contribution is 2.29. The number of hydrogen-bond acceptors (Lipinski definition) is 2. The summed E-state index contributed by atoms with van der Waals surface area (Å²) in [4.78, 5) is 1.34. The predicted octanol–water partition coefficient (Wildman–Crippen LogP) is 4.93. The van der Waals surface area contributed by atoms with Crippen LogP contribution in [0.1, 0.15) is 23.4 Å². The summed E-state index contributed by atoms with van der Waals surface area (Å²) in [7, 11) is 0. The molecule has 1 heterocycles. The molecular formula is C18H18FNS. The van der Waals surface area contributed by atoms with Crippen molar-refractivity contribution in [1.29, 1.82) is 0 Å². The molecule has 1 unspecified atom stereocenters. The van der Waals surface area contributed by atoms with Gasteiger partial charge in [0.25, 0.3) is 0 Å². The molecule has 2 aromatic carbocycles. The molecule has 1 nitrogen and oxygen atoms in total. The van der Waals surface area contributed by atoms with E-state index in [9.17, 15) is 4.39 Å². The molecular weight excluding hydrogens is 281 g/mol. The van der Waals surface area contributed by atoms with Crippen LogP contribution in [0.3, 0.4) is 0 Å². The fourth-order valence-electron chi connectivity index (χ4n) is 2.44. The number of rotatable bonds is 5. The average molecular weight is 299 g/mol. The quantitative estimate of drug-likeness (QED) is 0.704. The summed E-state index contributed by atoms with van der Waals surface area (Å²) in [6.07, 6.45) is 0.840. The van der Waals surface area contributed by atoms with Crippen molar-refractivity contribution in [3.8, 4) is 0 Å². The van der Waals surface area contributed by atoms with E-state index < -0.39 is 0 Å². The lowest BCUT2D eigenvalue weighted by Gasteiger charge is -2.11. The Kier molecular flexibility index (Phi) is 4.32. The SMILES string of the molecule is CC(NCCc1cccc(F)c1)c1cc2ccccc2s1. The molecule has 0 spiro atoms. The average Bonchev–Trinajstić information content (AvgIpc) is 2.91. The highest BCUT2D eigenvalue weighted by molar-refractivity contribution is 7.19. The molecule has 0 aliphatic rings. The Morgan fingerprint density at radius 1 is 1.10 bits per heavy atom. The second-order valence-electron chi connectivity index (χ2n) is 5.24. The highest BCUT2D eigenvalue weighted by atomic mass is 32.1. The Labute approximate surface area is 128 Å². The van der Waals surface area contributed by atoms with E-state index in [0.717, 1.165) is 18.5 Å².